The molecule has 1 aliphatic carbocycles. The molecule has 0 saturated heterocycles. The van der Waals surface area contributed by atoms with Gasteiger partial charge in [0.1, 0.15) is 0 Å². The van der Waals surface area contributed by atoms with Gasteiger partial charge in [-0.05, 0) is 31.4 Å². The normalized spacial score (nSPS) is 14.6. The highest BCUT2D eigenvalue weighted by Crippen LogP contribution is 2.24. The van der Waals surface area contributed by atoms with Gasteiger partial charge in [-0.2, -0.15) is 0 Å². The zero-order valence-electron chi connectivity index (χ0n) is 12.3. The van der Waals surface area contributed by atoms with Crippen LogP contribution in [0.15, 0.2) is 35.3 Å². The second-order valence-electron chi connectivity index (χ2n) is 5.19. The van der Waals surface area contributed by atoms with Gasteiger partial charge in [0.05, 0.1) is 0 Å². The maximum atomic E-state index is 5.95. The van der Waals surface area contributed by atoms with Gasteiger partial charge in [-0.25, -0.2) is 0 Å². The van der Waals surface area contributed by atoms with Crippen LogP contribution in [0.2, 0.25) is 0 Å². The molecule has 4 nitrogen and oxygen atoms in total. The van der Waals surface area contributed by atoms with E-state index >= 15 is 0 Å². The fraction of sp³-hybridized carbons (Fsp3) is 0.533. The molecule has 20 heavy (non-hydrogen) atoms. The fourth-order valence-corrected chi connectivity index (χ4v) is 2.07. The van der Waals surface area contributed by atoms with Gasteiger partial charge >= 0.3 is 0 Å². The van der Waals surface area contributed by atoms with E-state index in [1.54, 1.807) is 0 Å². The van der Waals surface area contributed by atoms with E-state index in [-0.39, 0.29) is 24.0 Å². The van der Waals surface area contributed by atoms with Gasteiger partial charge in [-0.1, -0.05) is 18.2 Å². The first-order valence-electron chi connectivity index (χ1n) is 6.97. The Morgan fingerprint density at radius 2 is 1.90 bits per heavy atom. The molecular weight excluding hydrogens is 363 g/mol. The quantitative estimate of drug-likeness (QED) is 0.353. The first kappa shape index (κ1) is 17.1. The summed E-state index contributed by atoms with van der Waals surface area (Å²) in [6, 6.07) is 11.0. The van der Waals surface area contributed by atoms with Crippen LogP contribution in [-0.4, -0.2) is 44.1 Å². The molecule has 0 spiro atoms. The number of hydrogen-bond acceptors (Lipinski definition) is 2. The number of halogens is 1. The Balaban J connectivity index is 0.00000200. The first-order valence-corrected chi connectivity index (χ1v) is 6.97. The predicted octanol–water partition coefficient (Wildman–Crippen LogP) is 2.54. The summed E-state index contributed by atoms with van der Waals surface area (Å²) in [6.45, 7) is 1.79. The summed E-state index contributed by atoms with van der Waals surface area (Å²) in [5, 5.41) is 0. The minimum Gasteiger partial charge on any atom is -0.375 e. The zero-order valence-corrected chi connectivity index (χ0v) is 14.7. The molecule has 0 radical (unpaired) electrons. The standard InChI is InChI=1S/C15H24N4.HI/c1-18(13-7-4-3-5-8-13)12-6-11-17-15(16)19(2)14-9-10-14;/h3-5,7-8,14H,6,9-12H2,1-2H3,(H2,16,17);1H. The van der Waals surface area contributed by atoms with Crippen LogP contribution in [0, 0.1) is 0 Å². The average molecular weight is 388 g/mol. The Hall–Kier alpha value is -0.980. The lowest BCUT2D eigenvalue weighted by atomic mass is 10.3. The Kier molecular flexibility index (Phi) is 7.12. The SMILES string of the molecule is CN(CCCN=C(N)N(C)C1CC1)c1ccccc1.I. The number of benzene rings is 1. The predicted molar refractivity (Wildman–Crippen MR) is 97.0 cm³/mol. The van der Waals surface area contributed by atoms with Gasteiger partial charge in [0.2, 0.25) is 0 Å². The molecule has 0 bridgehead atoms. The Morgan fingerprint density at radius 3 is 2.50 bits per heavy atom. The molecule has 0 atom stereocenters. The number of nitrogens with two attached hydrogens (primary N) is 1. The van der Waals surface area contributed by atoms with Crippen molar-refractivity contribution in [3.05, 3.63) is 30.3 Å². The molecule has 112 valence electrons. The summed E-state index contributed by atoms with van der Waals surface area (Å²) >= 11 is 0. The Morgan fingerprint density at radius 1 is 1.25 bits per heavy atom. The van der Waals surface area contributed by atoms with E-state index in [4.69, 9.17) is 5.73 Å². The lowest BCUT2D eigenvalue weighted by molar-refractivity contribution is 0.487. The molecule has 0 heterocycles. The largest absolute Gasteiger partial charge is 0.375 e. The molecule has 0 unspecified atom stereocenters. The molecule has 5 heteroatoms. The van der Waals surface area contributed by atoms with Crippen LogP contribution >= 0.6 is 24.0 Å². The molecule has 0 aliphatic heterocycles. The van der Waals surface area contributed by atoms with E-state index in [0.717, 1.165) is 19.5 Å². The summed E-state index contributed by atoms with van der Waals surface area (Å²) in [5.41, 5.74) is 7.19. The molecule has 2 N–H and O–H groups in total. The molecule has 1 fully saturated rings. The molecule has 1 aliphatic rings. The topological polar surface area (TPSA) is 44.9 Å². The lowest BCUT2D eigenvalue weighted by Gasteiger charge is -2.19. The minimum absolute atomic E-state index is 0. The van der Waals surface area contributed by atoms with E-state index in [0.29, 0.717) is 12.0 Å². The Bertz CT molecular complexity index is 417. The van der Waals surface area contributed by atoms with Crippen molar-refractivity contribution in [3.8, 4) is 0 Å². The molecule has 0 aromatic heterocycles. The van der Waals surface area contributed by atoms with E-state index in [1.165, 1.54) is 18.5 Å². The van der Waals surface area contributed by atoms with Crippen molar-refractivity contribution in [1.29, 1.82) is 0 Å². The van der Waals surface area contributed by atoms with Crippen molar-refractivity contribution in [2.75, 3.05) is 32.1 Å². The summed E-state index contributed by atoms with van der Waals surface area (Å²) in [4.78, 5) is 8.79. The number of para-hydroxylation sites is 1. The third-order valence-electron chi connectivity index (χ3n) is 3.58. The van der Waals surface area contributed by atoms with Crippen molar-refractivity contribution in [1.82, 2.24) is 4.90 Å². The summed E-state index contributed by atoms with van der Waals surface area (Å²) in [5.74, 6) is 0.685. The number of hydrogen-bond donors (Lipinski definition) is 1. The van der Waals surface area contributed by atoms with Gasteiger partial charge in [0.25, 0.3) is 0 Å². The van der Waals surface area contributed by atoms with Crippen LogP contribution < -0.4 is 10.6 Å². The van der Waals surface area contributed by atoms with Crippen LogP contribution in [-0.2, 0) is 0 Å². The smallest absolute Gasteiger partial charge is 0.191 e. The van der Waals surface area contributed by atoms with Crippen LogP contribution in [0.4, 0.5) is 5.69 Å². The van der Waals surface area contributed by atoms with Gasteiger partial charge in [-0.3, -0.25) is 4.99 Å². The Labute approximate surface area is 139 Å². The maximum absolute atomic E-state index is 5.95. The molecule has 2 rings (SSSR count). The number of aliphatic imine (C=N–C) groups is 1. The van der Waals surface area contributed by atoms with E-state index in [9.17, 15) is 0 Å². The lowest BCUT2D eigenvalue weighted by Crippen LogP contribution is -2.35. The van der Waals surface area contributed by atoms with Crippen molar-refractivity contribution >= 4 is 35.6 Å². The highest BCUT2D eigenvalue weighted by atomic mass is 127. The number of guanidine groups is 1. The number of anilines is 1. The zero-order chi connectivity index (χ0) is 13.7. The van der Waals surface area contributed by atoms with Crippen LogP contribution in [0.5, 0.6) is 0 Å². The van der Waals surface area contributed by atoms with Gasteiger partial charge in [-0.15, -0.1) is 24.0 Å². The molecule has 1 saturated carbocycles. The van der Waals surface area contributed by atoms with Crippen LogP contribution in [0.3, 0.4) is 0 Å². The van der Waals surface area contributed by atoms with Crippen molar-refractivity contribution in [2.24, 2.45) is 10.7 Å². The van der Waals surface area contributed by atoms with E-state index < -0.39 is 0 Å². The highest BCUT2D eigenvalue weighted by Gasteiger charge is 2.27. The van der Waals surface area contributed by atoms with E-state index in [1.807, 2.05) is 13.1 Å². The summed E-state index contributed by atoms with van der Waals surface area (Å²) < 4.78 is 0. The molecule has 0 amide bonds. The van der Waals surface area contributed by atoms with Crippen molar-refractivity contribution < 1.29 is 0 Å². The van der Waals surface area contributed by atoms with Gasteiger partial charge < -0.3 is 15.5 Å². The van der Waals surface area contributed by atoms with Crippen molar-refractivity contribution in [3.63, 3.8) is 0 Å². The third kappa shape index (κ3) is 5.19. The fourth-order valence-electron chi connectivity index (χ4n) is 2.07. The van der Waals surface area contributed by atoms with E-state index in [2.05, 4.69) is 46.1 Å². The minimum atomic E-state index is 0. The molecular formula is C15H25IN4. The number of nitrogens with zero attached hydrogens (tertiary/aromatic N) is 3. The second kappa shape index (κ2) is 8.34. The van der Waals surface area contributed by atoms with Gasteiger partial charge in [0.15, 0.2) is 5.96 Å². The third-order valence-corrected chi connectivity index (χ3v) is 3.58. The maximum Gasteiger partial charge on any atom is 0.191 e. The van der Waals surface area contributed by atoms with Crippen LogP contribution in [0.1, 0.15) is 19.3 Å². The monoisotopic (exact) mass is 388 g/mol. The second-order valence-corrected chi connectivity index (χ2v) is 5.19. The highest BCUT2D eigenvalue weighted by molar-refractivity contribution is 14.0. The average Bonchev–Trinajstić information content (AvgIpc) is 3.27. The summed E-state index contributed by atoms with van der Waals surface area (Å²) in [7, 11) is 4.14. The number of rotatable bonds is 6. The molecule has 1 aromatic carbocycles. The van der Waals surface area contributed by atoms with Crippen LogP contribution in [0.25, 0.3) is 0 Å². The molecule has 1 aromatic rings. The summed E-state index contributed by atoms with van der Waals surface area (Å²) in [6.07, 6.45) is 3.53. The van der Waals surface area contributed by atoms with Crippen molar-refractivity contribution in [2.45, 2.75) is 25.3 Å². The first-order chi connectivity index (χ1) is 9.18. The van der Waals surface area contributed by atoms with Gasteiger partial charge in [0, 0.05) is 38.9 Å².